The summed E-state index contributed by atoms with van der Waals surface area (Å²) in [6.45, 7) is 6.90. The minimum atomic E-state index is -1.05. The van der Waals surface area contributed by atoms with Gasteiger partial charge in [0.1, 0.15) is 0 Å². The Kier molecular flexibility index (Phi) is 54.3. The third-order valence-corrected chi connectivity index (χ3v) is 18.0. The van der Waals surface area contributed by atoms with Crippen molar-refractivity contribution in [3.63, 3.8) is 0 Å². The van der Waals surface area contributed by atoms with Crippen LogP contribution in [-0.2, 0) is 0 Å². The largest absolute Gasteiger partial charge is 2.00 e. The molecule has 244 valence electrons. The van der Waals surface area contributed by atoms with Gasteiger partial charge in [-0.1, -0.05) is 169 Å². The Balaban J connectivity index is -0.000000688. The summed E-state index contributed by atoms with van der Waals surface area (Å²) in [6.07, 6.45) is 31.9. The molecule has 0 aliphatic carbocycles. The molecule has 0 aliphatic heterocycles. The average Bonchev–Trinajstić information content (AvgIpc) is 2.95. The fourth-order valence-corrected chi connectivity index (χ4v) is 14.0. The van der Waals surface area contributed by atoms with Crippen molar-refractivity contribution in [2.45, 2.75) is 182 Å². The van der Waals surface area contributed by atoms with Crippen molar-refractivity contribution >= 4 is 96.4 Å². The zero-order valence-corrected chi connectivity index (χ0v) is 35.1. The predicted molar refractivity (Wildman–Crippen MR) is 203 cm³/mol. The Hall–Kier alpha value is 3.44. The molecule has 0 aliphatic rings. The summed E-state index contributed by atoms with van der Waals surface area (Å²) in [7, 11) is 0. The second-order valence-corrected chi connectivity index (χ2v) is 22.9. The van der Waals surface area contributed by atoms with Gasteiger partial charge in [0.15, 0.2) is 0 Å². The van der Waals surface area contributed by atoms with E-state index < -0.39 is 13.1 Å². The monoisotopic (exact) mass is 714 g/mol. The smallest absolute Gasteiger partial charge is 0.813 e. The maximum Gasteiger partial charge on any atom is 2.00 e. The molecule has 0 atom stereocenters. The summed E-state index contributed by atoms with van der Waals surface area (Å²) in [5, 5.41) is 0. The van der Waals surface area contributed by atoms with Gasteiger partial charge in [-0.15, -0.1) is 45.5 Å². The molecule has 0 saturated heterocycles. The fraction of sp³-hybridized carbons (Fsp3) is 1.00. The predicted octanol–water partition coefficient (Wildman–Crippen LogP) is 13.1. The van der Waals surface area contributed by atoms with Crippen LogP contribution in [0.15, 0.2) is 0 Å². The Labute approximate surface area is 307 Å². The molecule has 0 fully saturated rings. The van der Waals surface area contributed by atoms with E-state index in [9.17, 15) is 9.79 Å². The van der Waals surface area contributed by atoms with Crippen molar-refractivity contribution in [3.05, 3.63) is 0 Å². The zero-order valence-electron chi connectivity index (χ0n) is 27.9. The summed E-state index contributed by atoms with van der Waals surface area (Å²) in [5.74, 6) is 4.35. The van der Waals surface area contributed by atoms with Crippen LogP contribution in [-0.4, -0.2) is 60.7 Å². The molecule has 0 aromatic carbocycles. The van der Waals surface area contributed by atoms with Crippen LogP contribution in [0, 0.1) is 0 Å². The molecule has 0 radical (unpaired) electrons. The molecule has 41 heavy (non-hydrogen) atoms. The average molecular weight is 715 g/mol. The number of rotatable bonds is 32. The van der Waals surface area contributed by atoms with Crippen LogP contribution in [0.3, 0.4) is 0 Å². The van der Waals surface area contributed by atoms with Crippen LogP contribution in [0.25, 0.3) is 0 Å². The van der Waals surface area contributed by atoms with Crippen LogP contribution in [0.1, 0.15) is 182 Å². The molecule has 0 aromatic heterocycles. The summed E-state index contributed by atoms with van der Waals surface area (Å²) in [5.41, 5.74) is 0. The standard InChI is InChI=1S/2C16H34OPS2.Ca/c2*1-3-5-7-9-11-13-15-19-18(17)20-16-14-12-10-8-6-4-2;/h2*3-16H2,1-2H3;/q2*-1;+2. The van der Waals surface area contributed by atoms with E-state index in [1.807, 2.05) is 0 Å². The molecular formula is C32H68CaO2P2S4. The van der Waals surface area contributed by atoms with Gasteiger partial charge in [-0.3, -0.25) is 0 Å². The Morgan fingerprint density at radius 3 is 0.683 bits per heavy atom. The fourth-order valence-electron chi connectivity index (χ4n) is 4.16. The summed E-state index contributed by atoms with van der Waals surface area (Å²) in [6, 6.07) is 0. The molecule has 0 saturated carbocycles. The second kappa shape index (κ2) is 45.6. The molecule has 0 unspecified atom stereocenters. The Morgan fingerprint density at radius 1 is 0.317 bits per heavy atom. The van der Waals surface area contributed by atoms with Crippen LogP contribution >= 0.6 is 58.6 Å². The van der Waals surface area contributed by atoms with Crippen LogP contribution in [0.4, 0.5) is 0 Å². The van der Waals surface area contributed by atoms with Gasteiger partial charge in [-0.25, -0.2) is 0 Å². The van der Waals surface area contributed by atoms with E-state index >= 15 is 0 Å². The Morgan fingerprint density at radius 2 is 0.488 bits per heavy atom. The second-order valence-electron chi connectivity index (χ2n) is 10.9. The molecule has 0 spiro atoms. The first-order valence-electron chi connectivity index (χ1n) is 17.1. The number of unbranched alkanes of at least 4 members (excludes halogenated alkanes) is 20. The topological polar surface area (TPSA) is 46.1 Å². The van der Waals surface area contributed by atoms with E-state index in [1.165, 1.54) is 154 Å². The van der Waals surface area contributed by atoms with Crippen molar-refractivity contribution < 1.29 is 9.79 Å². The van der Waals surface area contributed by atoms with Crippen molar-refractivity contribution in [1.29, 1.82) is 0 Å². The van der Waals surface area contributed by atoms with Gasteiger partial charge >= 0.3 is 37.7 Å². The van der Waals surface area contributed by atoms with Gasteiger partial charge in [-0.05, 0) is 48.7 Å². The Bertz CT molecular complexity index is 373. The summed E-state index contributed by atoms with van der Waals surface area (Å²) >= 11 is 6.74. The van der Waals surface area contributed by atoms with E-state index in [1.54, 1.807) is 45.5 Å². The van der Waals surface area contributed by atoms with Crippen LogP contribution in [0.5, 0.6) is 0 Å². The maximum atomic E-state index is 11.8. The minimum Gasteiger partial charge on any atom is -0.813 e. The van der Waals surface area contributed by atoms with E-state index in [2.05, 4.69) is 27.7 Å². The zero-order chi connectivity index (χ0) is 29.8. The first-order valence-corrected chi connectivity index (χ1v) is 26.0. The van der Waals surface area contributed by atoms with E-state index in [-0.39, 0.29) is 37.7 Å². The molecule has 0 N–H and O–H groups in total. The summed E-state index contributed by atoms with van der Waals surface area (Å²) in [4.78, 5) is 23.6. The molecule has 0 heterocycles. The van der Waals surface area contributed by atoms with Crippen LogP contribution < -0.4 is 9.79 Å². The molecule has 0 rings (SSSR count). The van der Waals surface area contributed by atoms with E-state index in [0.29, 0.717) is 0 Å². The quantitative estimate of drug-likeness (QED) is 0.0393. The van der Waals surface area contributed by atoms with Crippen LogP contribution in [0.2, 0.25) is 0 Å². The molecule has 9 heteroatoms. The minimum absolute atomic E-state index is 0. The maximum absolute atomic E-state index is 11.8. The SMILES string of the molecule is CCCCCCCCSP([O-])SCCCCCCCC.CCCCCCCCSP([O-])SCCCCCCCC.[Ca+2]. The molecular weight excluding hydrogens is 647 g/mol. The van der Waals surface area contributed by atoms with Crippen molar-refractivity contribution in [2.75, 3.05) is 23.0 Å². The van der Waals surface area contributed by atoms with Crippen molar-refractivity contribution in [3.8, 4) is 0 Å². The van der Waals surface area contributed by atoms with E-state index in [0.717, 1.165) is 23.0 Å². The van der Waals surface area contributed by atoms with Crippen molar-refractivity contribution in [1.82, 2.24) is 0 Å². The molecule has 0 amide bonds. The first kappa shape index (κ1) is 48.8. The molecule has 0 aromatic rings. The molecule has 2 nitrogen and oxygen atoms in total. The molecule has 0 bridgehead atoms. The third kappa shape index (κ3) is 48.0. The van der Waals surface area contributed by atoms with Gasteiger partial charge in [0.05, 0.1) is 0 Å². The van der Waals surface area contributed by atoms with Gasteiger partial charge in [0, 0.05) is 0 Å². The number of hydrogen-bond donors (Lipinski definition) is 0. The van der Waals surface area contributed by atoms with Gasteiger partial charge in [0.25, 0.3) is 0 Å². The third-order valence-electron chi connectivity index (χ3n) is 6.78. The summed E-state index contributed by atoms with van der Waals surface area (Å²) < 4.78 is 0. The normalized spacial score (nSPS) is 11.1. The van der Waals surface area contributed by atoms with Gasteiger partial charge in [-0.2, -0.15) is 0 Å². The number of hydrogen-bond acceptors (Lipinski definition) is 6. The van der Waals surface area contributed by atoms with Gasteiger partial charge in [0.2, 0.25) is 0 Å². The van der Waals surface area contributed by atoms with Gasteiger partial charge < -0.3 is 9.79 Å². The first-order chi connectivity index (χ1) is 19.6. The van der Waals surface area contributed by atoms with E-state index in [4.69, 9.17) is 0 Å². The van der Waals surface area contributed by atoms with Crippen molar-refractivity contribution in [2.24, 2.45) is 0 Å².